The molecule has 0 aliphatic heterocycles. The second-order valence-electron chi connectivity index (χ2n) is 7.06. The van der Waals surface area contributed by atoms with Crippen molar-refractivity contribution in [3.05, 3.63) is 12.8 Å². The molecule has 2 rings (SSSR count). The van der Waals surface area contributed by atoms with E-state index in [2.05, 4.69) is 65.9 Å². The van der Waals surface area contributed by atoms with Crippen LogP contribution in [-0.4, -0.2) is 15.4 Å². The third kappa shape index (κ3) is 14.4. The molecule has 0 aromatic heterocycles. The molecule has 0 aromatic carbocycles. The molecule has 0 bridgehead atoms. The molecule has 2 fully saturated rings. The summed E-state index contributed by atoms with van der Waals surface area (Å²) in [7, 11) is 9.87. The van der Waals surface area contributed by atoms with Gasteiger partial charge in [-0.05, 0) is 0 Å². The Bertz CT molecular complexity index is 197. The molecule has 130 valence electrons. The van der Waals surface area contributed by atoms with Gasteiger partial charge in [0.15, 0.2) is 0 Å². The SMILES string of the molecule is CC1[CH-]C(C)C(C)C1.CC1[CH-]C(C)C(C)C1.[CH3][Ge][CH3].[Cl][Zr+2][Cl]. The van der Waals surface area contributed by atoms with Gasteiger partial charge in [0.2, 0.25) is 0 Å². The molecular formula is C18H36Cl2GeZr. The van der Waals surface area contributed by atoms with Crippen LogP contribution >= 0.6 is 17.0 Å². The summed E-state index contributed by atoms with van der Waals surface area (Å²) < 4.78 is 0. The van der Waals surface area contributed by atoms with Gasteiger partial charge in [0.1, 0.15) is 0 Å². The fraction of sp³-hybridized carbons (Fsp3) is 0.889. The molecule has 2 aliphatic rings. The van der Waals surface area contributed by atoms with Crippen LogP contribution in [0.3, 0.4) is 0 Å². The Kier molecular flexibility index (Phi) is 19.6. The number of hydrogen-bond donors (Lipinski definition) is 0. The molecular weight excluding hydrogens is 451 g/mol. The first-order valence-corrected chi connectivity index (χ1v) is 19.0. The van der Waals surface area contributed by atoms with E-state index in [-0.39, 0.29) is 0 Å². The zero-order valence-electron chi connectivity index (χ0n) is 15.8. The van der Waals surface area contributed by atoms with Crippen molar-refractivity contribution in [3.63, 3.8) is 0 Å². The predicted molar refractivity (Wildman–Crippen MR) is 102 cm³/mol. The van der Waals surface area contributed by atoms with Crippen molar-refractivity contribution < 1.29 is 20.8 Å². The van der Waals surface area contributed by atoms with E-state index < -0.39 is 20.8 Å². The van der Waals surface area contributed by atoms with Gasteiger partial charge in [-0.15, -0.1) is 0 Å². The molecule has 0 aromatic rings. The predicted octanol–water partition coefficient (Wildman–Crippen LogP) is 7.17. The van der Waals surface area contributed by atoms with E-state index in [9.17, 15) is 0 Å². The van der Waals surface area contributed by atoms with Crippen LogP contribution in [0.2, 0.25) is 11.5 Å². The molecule has 4 heteroatoms. The molecule has 0 N–H and O–H groups in total. The van der Waals surface area contributed by atoms with E-state index in [1.54, 1.807) is 0 Å². The average molecular weight is 487 g/mol. The van der Waals surface area contributed by atoms with E-state index in [1.807, 2.05) is 0 Å². The first-order chi connectivity index (χ1) is 10.2. The molecule has 0 nitrogen and oxygen atoms in total. The zero-order chi connectivity index (χ0) is 17.7. The summed E-state index contributed by atoms with van der Waals surface area (Å²) >= 11 is -0.326. The van der Waals surface area contributed by atoms with E-state index in [1.165, 1.54) is 12.8 Å². The van der Waals surface area contributed by atoms with Crippen LogP contribution in [0, 0.1) is 48.3 Å². The summed E-state index contributed by atoms with van der Waals surface area (Å²) in [5.74, 6) is 9.85. The molecule has 0 heterocycles. The fourth-order valence-corrected chi connectivity index (χ4v) is 3.18. The monoisotopic (exact) mass is 486 g/mol. The van der Waals surface area contributed by atoms with Gasteiger partial charge in [0, 0.05) is 0 Å². The molecule has 6 unspecified atom stereocenters. The van der Waals surface area contributed by atoms with Gasteiger partial charge >= 0.3 is 64.8 Å². The standard InChI is InChI=1S/2C8H15.C2H6Ge.2ClH.Zr/c2*1-6-4-7(2)8(3)5-6;1-3-2;;;/h2*4,6-8H,5H2,1-3H3;1-2H3;2*1H;/q2*-1;;;;+4/p-2. The Labute approximate surface area is 166 Å². The second kappa shape index (κ2) is 16.5. The molecule has 2 radical (unpaired) electrons. The third-order valence-corrected chi connectivity index (χ3v) is 4.55. The van der Waals surface area contributed by atoms with Crippen molar-refractivity contribution in [2.45, 2.75) is 65.9 Å². The Morgan fingerprint density at radius 1 is 0.773 bits per heavy atom. The van der Waals surface area contributed by atoms with Crippen molar-refractivity contribution in [1.29, 1.82) is 0 Å². The van der Waals surface area contributed by atoms with Crippen LogP contribution in [0.4, 0.5) is 0 Å². The van der Waals surface area contributed by atoms with Crippen LogP contribution in [0.25, 0.3) is 0 Å². The maximum atomic E-state index is 4.93. The minimum absolute atomic E-state index is 0.500. The van der Waals surface area contributed by atoms with Gasteiger partial charge in [-0.3, -0.25) is 0 Å². The van der Waals surface area contributed by atoms with Crippen LogP contribution in [0.5, 0.6) is 0 Å². The quantitative estimate of drug-likeness (QED) is 0.251. The molecule has 2 saturated carbocycles. The van der Waals surface area contributed by atoms with Gasteiger partial charge < -0.3 is 12.8 Å². The maximum absolute atomic E-state index is 4.93. The van der Waals surface area contributed by atoms with Gasteiger partial charge in [0.05, 0.1) is 0 Å². The minimum atomic E-state index is -0.826. The first-order valence-electron chi connectivity index (χ1n) is 8.48. The summed E-state index contributed by atoms with van der Waals surface area (Å²) in [5.41, 5.74) is 0. The fourth-order valence-electron chi connectivity index (χ4n) is 3.18. The average Bonchev–Trinajstić information content (AvgIpc) is 2.83. The zero-order valence-corrected chi connectivity index (χ0v) is 21.9. The summed E-state index contributed by atoms with van der Waals surface area (Å²) in [5, 5.41) is 0. The van der Waals surface area contributed by atoms with Crippen LogP contribution in [0.1, 0.15) is 54.4 Å². The van der Waals surface area contributed by atoms with Crippen LogP contribution in [-0.2, 0) is 20.8 Å². The van der Waals surface area contributed by atoms with Gasteiger partial charge in [-0.25, -0.2) is 0 Å². The summed E-state index contributed by atoms with van der Waals surface area (Å²) in [6.45, 7) is 13.9. The van der Waals surface area contributed by atoms with E-state index >= 15 is 0 Å². The van der Waals surface area contributed by atoms with Crippen molar-refractivity contribution in [2.75, 3.05) is 0 Å². The number of halogens is 2. The Hall–Kier alpha value is 2.01. The molecule has 0 amide bonds. The Balaban J connectivity index is 0. The Morgan fingerprint density at radius 2 is 1.00 bits per heavy atom. The first kappa shape index (κ1) is 26.2. The molecule has 2 aliphatic carbocycles. The van der Waals surface area contributed by atoms with Crippen LogP contribution in [0.15, 0.2) is 0 Å². The molecule has 0 spiro atoms. The summed E-state index contributed by atoms with van der Waals surface area (Å²) in [6.07, 6.45) is 7.73. The molecule has 0 saturated heterocycles. The van der Waals surface area contributed by atoms with Gasteiger partial charge in [-0.2, -0.15) is 23.7 Å². The normalized spacial score (nSPS) is 35.9. The van der Waals surface area contributed by atoms with E-state index in [4.69, 9.17) is 17.0 Å². The third-order valence-electron chi connectivity index (χ3n) is 4.55. The van der Waals surface area contributed by atoms with Crippen molar-refractivity contribution >= 4 is 32.5 Å². The van der Waals surface area contributed by atoms with Crippen LogP contribution < -0.4 is 0 Å². The number of rotatable bonds is 0. The van der Waals surface area contributed by atoms with E-state index in [0.29, 0.717) is 15.4 Å². The summed E-state index contributed by atoms with van der Waals surface area (Å²) in [4.78, 5) is 0. The number of hydrogen-bond acceptors (Lipinski definition) is 0. The van der Waals surface area contributed by atoms with Gasteiger partial charge in [-0.1, -0.05) is 66.2 Å². The van der Waals surface area contributed by atoms with Crippen molar-refractivity contribution in [2.24, 2.45) is 35.5 Å². The molecule has 6 atom stereocenters. The van der Waals surface area contributed by atoms with Crippen molar-refractivity contribution in [1.82, 2.24) is 0 Å². The Morgan fingerprint density at radius 3 is 1.05 bits per heavy atom. The summed E-state index contributed by atoms with van der Waals surface area (Å²) in [6, 6.07) is 0. The van der Waals surface area contributed by atoms with Crippen molar-refractivity contribution in [3.8, 4) is 0 Å². The van der Waals surface area contributed by atoms with E-state index in [0.717, 1.165) is 35.5 Å². The second-order valence-corrected chi connectivity index (χ2v) is 12.9. The topological polar surface area (TPSA) is 0 Å². The van der Waals surface area contributed by atoms with Gasteiger partial charge in [0.25, 0.3) is 0 Å². The molecule has 22 heavy (non-hydrogen) atoms.